The number of fused-ring (bicyclic) bond motifs is 2. The molecule has 0 aliphatic heterocycles. The zero-order valence-electron chi connectivity index (χ0n) is 9.18. The van der Waals surface area contributed by atoms with Crippen molar-refractivity contribution < 1.29 is 19.3 Å². The Labute approximate surface area is 89.8 Å². The summed E-state index contributed by atoms with van der Waals surface area (Å²) >= 11 is 0. The molecule has 2 aliphatic carbocycles. The fourth-order valence-corrected chi connectivity index (χ4v) is 3.16. The lowest BCUT2D eigenvalue weighted by molar-refractivity contribution is -0.175. The van der Waals surface area contributed by atoms with Crippen molar-refractivity contribution in [3.8, 4) is 0 Å². The van der Waals surface area contributed by atoms with Crippen LogP contribution in [-0.4, -0.2) is 43.2 Å². The second kappa shape index (κ2) is 3.77. The van der Waals surface area contributed by atoms with Gasteiger partial charge in [-0.15, -0.1) is 0 Å². The molecule has 2 fully saturated rings. The summed E-state index contributed by atoms with van der Waals surface area (Å²) < 4.78 is 16.2. The van der Waals surface area contributed by atoms with Crippen molar-refractivity contribution in [3.05, 3.63) is 12.8 Å². The summed E-state index contributed by atoms with van der Waals surface area (Å²) in [4.78, 5) is 0. The zero-order chi connectivity index (χ0) is 11.1. The van der Waals surface area contributed by atoms with E-state index >= 15 is 0 Å². The summed E-state index contributed by atoms with van der Waals surface area (Å²) in [7, 11) is 3.27. The lowest BCUT2D eigenvalue weighted by atomic mass is 9.88. The molecule has 4 nitrogen and oxygen atoms in total. The molecule has 0 saturated heterocycles. The number of methoxy groups -OCH3 is 2. The molecule has 4 heteroatoms. The third-order valence-corrected chi connectivity index (χ3v) is 3.78. The summed E-state index contributed by atoms with van der Waals surface area (Å²) in [6.07, 6.45) is 2.19. The standard InChI is InChI=1S/C11H18O4/c1-4-15-11-6-7(5-8(11)13-2)9(14-3)10(11)12/h4,7-10,12H,1,5-6H2,2-3H3. The molecule has 0 heterocycles. The maximum Gasteiger partial charge on any atom is 0.163 e. The normalized spacial score (nSPS) is 48.2. The highest BCUT2D eigenvalue weighted by molar-refractivity contribution is 5.15. The largest absolute Gasteiger partial charge is 0.490 e. The summed E-state index contributed by atoms with van der Waals surface area (Å²) in [5.41, 5.74) is -0.651. The molecule has 0 aromatic carbocycles. The van der Waals surface area contributed by atoms with Crippen LogP contribution in [0.3, 0.4) is 0 Å². The van der Waals surface area contributed by atoms with Gasteiger partial charge in [-0.1, -0.05) is 6.58 Å². The molecule has 2 saturated carbocycles. The Morgan fingerprint density at radius 2 is 2.13 bits per heavy atom. The van der Waals surface area contributed by atoms with E-state index in [0.717, 1.165) is 12.8 Å². The van der Waals surface area contributed by atoms with Gasteiger partial charge < -0.3 is 19.3 Å². The third kappa shape index (κ3) is 1.32. The van der Waals surface area contributed by atoms with Gasteiger partial charge in [-0.05, 0) is 18.8 Å². The van der Waals surface area contributed by atoms with Gasteiger partial charge in [-0.25, -0.2) is 0 Å². The fourth-order valence-electron chi connectivity index (χ4n) is 3.16. The number of aliphatic hydroxyl groups is 1. The summed E-state index contributed by atoms with van der Waals surface area (Å²) in [5.74, 6) is 0.315. The van der Waals surface area contributed by atoms with Gasteiger partial charge >= 0.3 is 0 Å². The number of hydrogen-bond donors (Lipinski definition) is 1. The van der Waals surface area contributed by atoms with E-state index in [1.165, 1.54) is 6.26 Å². The molecule has 1 N–H and O–H groups in total. The molecule has 2 bridgehead atoms. The predicted molar refractivity (Wildman–Crippen MR) is 54.3 cm³/mol. The molecular formula is C11H18O4. The van der Waals surface area contributed by atoms with E-state index < -0.39 is 11.7 Å². The van der Waals surface area contributed by atoms with Crippen molar-refractivity contribution in [3.63, 3.8) is 0 Å². The van der Waals surface area contributed by atoms with Crippen molar-refractivity contribution in [2.45, 2.75) is 36.8 Å². The topological polar surface area (TPSA) is 47.9 Å². The Morgan fingerprint density at radius 1 is 1.40 bits per heavy atom. The Hall–Kier alpha value is -0.580. The van der Waals surface area contributed by atoms with Crippen LogP contribution in [0.1, 0.15) is 12.8 Å². The van der Waals surface area contributed by atoms with Crippen molar-refractivity contribution in [1.29, 1.82) is 0 Å². The van der Waals surface area contributed by atoms with Gasteiger partial charge in [-0.3, -0.25) is 0 Å². The summed E-state index contributed by atoms with van der Waals surface area (Å²) in [5, 5.41) is 10.2. The SMILES string of the molecule is C=COC12CC(CC1OC)C(OC)C2O. The smallest absolute Gasteiger partial charge is 0.163 e. The third-order valence-electron chi connectivity index (χ3n) is 3.78. The van der Waals surface area contributed by atoms with E-state index in [1.54, 1.807) is 14.2 Å². The van der Waals surface area contributed by atoms with Gasteiger partial charge in [0.05, 0.1) is 18.5 Å². The molecule has 0 spiro atoms. The van der Waals surface area contributed by atoms with Gasteiger partial charge in [0.1, 0.15) is 6.10 Å². The lowest BCUT2D eigenvalue weighted by Crippen LogP contribution is -2.55. The second-order valence-electron chi connectivity index (χ2n) is 4.31. The summed E-state index contributed by atoms with van der Waals surface area (Å²) in [6.45, 7) is 3.56. The summed E-state index contributed by atoms with van der Waals surface area (Å²) in [6, 6.07) is 0. The molecule has 5 atom stereocenters. The fraction of sp³-hybridized carbons (Fsp3) is 0.818. The first-order chi connectivity index (χ1) is 7.19. The molecule has 2 rings (SSSR count). The minimum atomic E-state index is -0.651. The molecule has 15 heavy (non-hydrogen) atoms. The average molecular weight is 214 g/mol. The highest BCUT2D eigenvalue weighted by atomic mass is 16.6. The number of rotatable bonds is 4. The second-order valence-corrected chi connectivity index (χ2v) is 4.31. The molecule has 0 radical (unpaired) electrons. The molecule has 5 unspecified atom stereocenters. The van der Waals surface area contributed by atoms with Crippen LogP contribution in [0.15, 0.2) is 12.8 Å². The molecule has 2 aliphatic rings. The molecule has 86 valence electrons. The Bertz CT molecular complexity index is 255. The van der Waals surface area contributed by atoms with Crippen molar-refractivity contribution in [2.75, 3.05) is 14.2 Å². The predicted octanol–water partition coefficient (Wildman–Crippen LogP) is 0.700. The molecule has 0 amide bonds. The highest BCUT2D eigenvalue weighted by Crippen LogP contribution is 2.52. The first-order valence-electron chi connectivity index (χ1n) is 5.22. The first kappa shape index (κ1) is 10.9. The van der Waals surface area contributed by atoms with Crippen LogP contribution in [0.4, 0.5) is 0 Å². The Kier molecular flexibility index (Phi) is 2.75. The maximum absolute atomic E-state index is 10.2. The lowest BCUT2D eigenvalue weighted by Gasteiger charge is -2.39. The number of aliphatic hydroxyl groups excluding tert-OH is 1. The first-order valence-corrected chi connectivity index (χ1v) is 5.22. The minimum absolute atomic E-state index is 0.0677. The van der Waals surface area contributed by atoms with Gasteiger partial charge in [0.25, 0.3) is 0 Å². The van der Waals surface area contributed by atoms with Crippen molar-refractivity contribution >= 4 is 0 Å². The average Bonchev–Trinajstić information content (AvgIpc) is 2.70. The highest BCUT2D eigenvalue weighted by Gasteiger charge is 2.65. The van der Waals surface area contributed by atoms with Crippen LogP contribution < -0.4 is 0 Å². The van der Waals surface area contributed by atoms with Crippen molar-refractivity contribution in [2.24, 2.45) is 5.92 Å². The maximum atomic E-state index is 10.2. The van der Waals surface area contributed by atoms with E-state index in [9.17, 15) is 5.11 Å². The molecule has 0 aromatic heterocycles. The monoisotopic (exact) mass is 214 g/mol. The Morgan fingerprint density at radius 3 is 2.67 bits per heavy atom. The van der Waals surface area contributed by atoms with Gasteiger partial charge in [0.15, 0.2) is 5.60 Å². The van der Waals surface area contributed by atoms with Gasteiger partial charge in [-0.2, -0.15) is 0 Å². The molecular weight excluding hydrogens is 196 g/mol. The molecule has 0 aromatic rings. The van der Waals surface area contributed by atoms with Crippen LogP contribution in [0.2, 0.25) is 0 Å². The minimum Gasteiger partial charge on any atom is -0.490 e. The van der Waals surface area contributed by atoms with E-state index in [0.29, 0.717) is 5.92 Å². The van der Waals surface area contributed by atoms with E-state index in [-0.39, 0.29) is 12.2 Å². The van der Waals surface area contributed by atoms with Crippen molar-refractivity contribution in [1.82, 2.24) is 0 Å². The van der Waals surface area contributed by atoms with Gasteiger partial charge in [0.2, 0.25) is 0 Å². The number of ether oxygens (including phenoxy) is 3. The van der Waals surface area contributed by atoms with E-state index in [1.807, 2.05) is 0 Å². The zero-order valence-corrected chi connectivity index (χ0v) is 9.18. The van der Waals surface area contributed by atoms with Crippen LogP contribution in [-0.2, 0) is 14.2 Å². The van der Waals surface area contributed by atoms with Crippen LogP contribution in [0, 0.1) is 5.92 Å². The Balaban J connectivity index is 2.25. The van der Waals surface area contributed by atoms with E-state index in [2.05, 4.69) is 6.58 Å². The van der Waals surface area contributed by atoms with E-state index in [4.69, 9.17) is 14.2 Å². The number of hydrogen-bond acceptors (Lipinski definition) is 4. The quantitative estimate of drug-likeness (QED) is 0.700. The van der Waals surface area contributed by atoms with Crippen LogP contribution in [0.5, 0.6) is 0 Å². The van der Waals surface area contributed by atoms with Crippen LogP contribution in [0.25, 0.3) is 0 Å². The van der Waals surface area contributed by atoms with Crippen LogP contribution >= 0.6 is 0 Å². The van der Waals surface area contributed by atoms with Gasteiger partial charge in [0, 0.05) is 14.2 Å².